The minimum absolute atomic E-state index is 0.174. The van der Waals surface area contributed by atoms with Gasteiger partial charge in [-0.15, -0.1) is 0 Å². The van der Waals surface area contributed by atoms with Crippen molar-refractivity contribution >= 4 is 27.9 Å². The summed E-state index contributed by atoms with van der Waals surface area (Å²) in [5.74, 6) is -3.03. The molecule has 120 valence electrons. The summed E-state index contributed by atoms with van der Waals surface area (Å²) in [6.45, 7) is 1.83. The van der Waals surface area contributed by atoms with E-state index in [1.807, 2.05) is 6.92 Å². The van der Waals surface area contributed by atoms with Gasteiger partial charge in [0, 0.05) is 4.47 Å². The summed E-state index contributed by atoms with van der Waals surface area (Å²) in [5.41, 5.74) is -1.82. The van der Waals surface area contributed by atoms with Crippen LogP contribution >= 0.6 is 15.9 Å². The molecule has 0 unspecified atom stereocenters. The van der Waals surface area contributed by atoms with Crippen LogP contribution in [0.2, 0.25) is 0 Å². The van der Waals surface area contributed by atoms with E-state index in [0.717, 1.165) is 0 Å². The fourth-order valence-corrected chi connectivity index (χ4v) is 2.60. The van der Waals surface area contributed by atoms with Crippen LogP contribution in [-0.2, 0) is 6.42 Å². The van der Waals surface area contributed by atoms with Gasteiger partial charge in [0.1, 0.15) is 5.56 Å². The fraction of sp³-hybridized carbons (Fsp3) is 0.200. The average Bonchev–Trinajstić information content (AvgIpc) is 2.47. The largest absolute Gasteiger partial charge is 0.477 e. The molecule has 2 N–H and O–H groups in total. The van der Waals surface area contributed by atoms with Crippen LogP contribution in [0.25, 0.3) is 5.69 Å². The molecule has 2 aromatic rings. The van der Waals surface area contributed by atoms with Crippen molar-refractivity contribution in [3.8, 4) is 5.69 Å². The zero-order chi connectivity index (χ0) is 17.1. The van der Waals surface area contributed by atoms with Crippen LogP contribution in [0.4, 0.5) is 0 Å². The summed E-state index contributed by atoms with van der Waals surface area (Å²) in [7, 11) is 0. The lowest BCUT2D eigenvalue weighted by Crippen LogP contribution is -2.31. The molecule has 0 bridgehead atoms. The molecule has 23 heavy (non-hydrogen) atoms. The molecule has 0 radical (unpaired) electrons. The smallest absolute Gasteiger partial charge is 0.360 e. The summed E-state index contributed by atoms with van der Waals surface area (Å²) in [4.78, 5) is 34.9. The number of carbonyl (C=O) groups is 2. The molecule has 7 nitrogen and oxygen atoms in total. The standard InChI is InChI=1S/C15H13BrN2O5/c1-2-4-10-11(14(20)21)13(19)12(15(22)23)17-18(10)9-6-3-5-8(16)7-9/h3,5-7H,2,4H2,1H3,(H,20,21)(H,22,23). The second-order valence-electron chi connectivity index (χ2n) is 4.75. The van der Waals surface area contributed by atoms with Gasteiger partial charge in [0.2, 0.25) is 11.1 Å². The molecule has 0 fully saturated rings. The fourth-order valence-electron chi connectivity index (χ4n) is 2.21. The van der Waals surface area contributed by atoms with Crippen molar-refractivity contribution in [2.75, 3.05) is 0 Å². The Kier molecular flexibility index (Phi) is 4.95. The SMILES string of the molecule is CCCc1c(C(=O)O)c(=O)c(C(=O)O)nn1-c1cccc(Br)c1. The summed E-state index contributed by atoms with van der Waals surface area (Å²) in [6, 6.07) is 6.78. The van der Waals surface area contributed by atoms with Gasteiger partial charge in [-0.25, -0.2) is 14.3 Å². The van der Waals surface area contributed by atoms with Crippen LogP contribution in [0.3, 0.4) is 0 Å². The molecule has 2 rings (SSSR count). The maximum atomic E-state index is 12.2. The Balaban J connectivity index is 2.91. The monoisotopic (exact) mass is 380 g/mol. The lowest BCUT2D eigenvalue weighted by Gasteiger charge is -2.15. The average molecular weight is 381 g/mol. The Labute approximate surface area is 139 Å². The van der Waals surface area contributed by atoms with E-state index in [2.05, 4.69) is 21.0 Å². The lowest BCUT2D eigenvalue weighted by molar-refractivity contribution is 0.0685. The maximum Gasteiger partial charge on any atom is 0.360 e. The summed E-state index contributed by atoms with van der Waals surface area (Å²) in [5, 5.41) is 22.4. The van der Waals surface area contributed by atoms with Crippen LogP contribution in [0, 0.1) is 0 Å². The molecule has 0 saturated heterocycles. The van der Waals surface area contributed by atoms with Crippen molar-refractivity contribution in [1.82, 2.24) is 9.78 Å². The Morgan fingerprint density at radius 2 is 1.96 bits per heavy atom. The molecular weight excluding hydrogens is 368 g/mol. The highest BCUT2D eigenvalue weighted by Gasteiger charge is 2.25. The third kappa shape index (κ3) is 3.31. The first-order chi connectivity index (χ1) is 10.9. The molecule has 1 heterocycles. The van der Waals surface area contributed by atoms with Crippen molar-refractivity contribution in [1.29, 1.82) is 0 Å². The number of carboxylic acid groups (broad SMARTS) is 2. The van der Waals surface area contributed by atoms with Crippen molar-refractivity contribution in [2.45, 2.75) is 19.8 Å². The molecule has 1 aromatic carbocycles. The number of carboxylic acids is 2. The van der Waals surface area contributed by atoms with Crippen molar-refractivity contribution in [3.05, 3.63) is 55.9 Å². The third-order valence-corrected chi connectivity index (χ3v) is 3.64. The van der Waals surface area contributed by atoms with E-state index in [1.54, 1.807) is 24.3 Å². The van der Waals surface area contributed by atoms with Gasteiger partial charge >= 0.3 is 11.9 Å². The predicted molar refractivity (Wildman–Crippen MR) is 85.4 cm³/mol. The van der Waals surface area contributed by atoms with Crippen LogP contribution in [-0.4, -0.2) is 31.9 Å². The number of hydrogen-bond donors (Lipinski definition) is 2. The zero-order valence-electron chi connectivity index (χ0n) is 12.1. The second kappa shape index (κ2) is 6.74. The third-order valence-electron chi connectivity index (χ3n) is 3.14. The number of hydrogen-bond acceptors (Lipinski definition) is 4. The predicted octanol–water partition coefficient (Wildman–Crippen LogP) is 2.34. The Morgan fingerprint density at radius 3 is 2.48 bits per heavy atom. The van der Waals surface area contributed by atoms with E-state index >= 15 is 0 Å². The van der Waals surface area contributed by atoms with Crippen molar-refractivity contribution in [2.24, 2.45) is 0 Å². The minimum Gasteiger partial charge on any atom is -0.477 e. The molecule has 0 amide bonds. The summed E-state index contributed by atoms with van der Waals surface area (Å²) < 4.78 is 1.93. The molecule has 0 spiro atoms. The van der Waals surface area contributed by atoms with E-state index in [9.17, 15) is 19.5 Å². The number of rotatable bonds is 5. The van der Waals surface area contributed by atoms with Gasteiger partial charge in [-0.3, -0.25) is 4.79 Å². The lowest BCUT2D eigenvalue weighted by atomic mass is 10.1. The van der Waals surface area contributed by atoms with Crippen LogP contribution < -0.4 is 5.43 Å². The first-order valence-electron chi connectivity index (χ1n) is 6.75. The number of benzene rings is 1. The quantitative estimate of drug-likeness (QED) is 0.823. The van der Waals surface area contributed by atoms with Gasteiger partial charge < -0.3 is 10.2 Å². The Morgan fingerprint density at radius 1 is 1.26 bits per heavy atom. The van der Waals surface area contributed by atoms with Crippen LogP contribution in [0.1, 0.15) is 39.9 Å². The van der Waals surface area contributed by atoms with E-state index in [0.29, 0.717) is 16.6 Å². The van der Waals surface area contributed by atoms with Crippen LogP contribution in [0.5, 0.6) is 0 Å². The van der Waals surface area contributed by atoms with Gasteiger partial charge in [-0.1, -0.05) is 35.3 Å². The molecule has 1 aromatic heterocycles. The number of aromatic nitrogens is 2. The highest BCUT2D eigenvalue weighted by atomic mass is 79.9. The second-order valence-corrected chi connectivity index (χ2v) is 5.67. The highest BCUT2D eigenvalue weighted by Crippen LogP contribution is 2.18. The minimum atomic E-state index is -1.57. The van der Waals surface area contributed by atoms with E-state index in [-0.39, 0.29) is 12.1 Å². The maximum absolute atomic E-state index is 12.2. The first kappa shape index (κ1) is 16.9. The van der Waals surface area contributed by atoms with E-state index in [1.165, 1.54) is 4.68 Å². The Bertz CT molecular complexity index is 844. The summed E-state index contributed by atoms with van der Waals surface area (Å²) in [6.07, 6.45) is 0.845. The molecule has 0 atom stereocenters. The Hall–Kier alpha value is -2.48. The van der Waals surface area contributed by atoms with Crippen molar-refractivity contribution in [3.63, 3.8) is 0 Å². The summed E-state index contributed by atoms with van der Waals surface area (Å²) >= 11 is 3.30. The normalized spacial score (nSPS) is 10.5. The van der Waals surface area contributed by atoms with Crippen LogP contribution in [0.15, 0.2) is 33.5 Å². The molecule has 0 saturated carbocycles. The molecule has 0 aliphatic rings. The first-order valence-corrected chi connectivity index (χ1v) is 7.54. The van der Waals surface area contributed by atoms with Gasteiger partial charge in [-0.05, 0) is 24.6 Å². The molecule has 8 heteroatoms. The van der Waals surface area contributed by atoms with Gasteiger partial charge in [0.25, 0.3) is 0 Å². The van der Waals surface area contributed by atoms with Gasteiger partial charge in [-0.2, -0.15) is 5.10 Å². The van der Waals surface area contributed by atoms with Crippen molar-refractivity contribution < 1.29 is 19.8 Å². The van der Waals surface area contributed by atoms with Gasteiger partial charge in [0.15, 0.2) is 0 Å². The van der Waals surface area contributed by atoms with E-state index < -0.39 is 28.6 Å². The molecule has 0 aliphatic carbocycles. The highest BCUT2D eigenvalue weighted by molar-refractivity contribution is 9.10. The number of aromatic carboxylic acids is 2. The molecule has 0 aliphatic heterocycles. The van der Waals surface area contributed by atoms with E-state index in [4.69, 9.17) is 5.11 Å². The number of nitrogens with zero attached hydrogens (tertiary/aromatic N) is 2. The van der Waals surface area contributed by atoms with Gasteiger partial charge in [0.05, 0.1) is 11.4 Å². The zero-order valence-corrected chi connectivity index (χ0v) is 13.7. The topological polar surface area (TPSA) is 109 Å². The molecular formula is C15H13BrN2O5. The number of halogens is 1.